The average Bonchev–Trinajstić information content (AvgIpc) is 3.16. The van der Waals surface area contributed by atoms with Crippen LogP contribution in [-0.2, 0) is 10.9 Å². The maximum atomic E-state index is 14.3. The number of benzene rings is 2. The van der Waals surface area contributed by atoms with E-state index < -0.39 is 17.5 Å². The molecule has 3 rings (SSSR count). The van der Waals surface area contributed by atoms with E-state index in [1.165, 1.54) is 40.9 Å². The van der Waals surface area contributed by atoms with Crippen LogP contribution < -0.4 is 14.5 Å². The number of halogens is 3. The van der Waals surface area contributed by atoms with E-state index in [-0.39, 0.29) is 37.1 Å². The summed E-state index contributed by atoms with van der Waals surface area (Å²) in [5, 5.41) is 2.29. The molecule has 2 aromatic carbocycles. The molecule has 0 unspecified atom stereocenters. The van der Waals surface area contributed by atoms with Crippen LogP contribution in [-0.4, -0.2) is 12.0 Å². The van der Waals surface area contributed by atoms with Gasteiger partial charge < -0.3 is 4.74 Å². The Labute approximate surface area is 175 Å². The summed E-state index contributed by atoms with van der Waals surface area (Å²) in [7, 11) is 1.51. The molecule has 0 saturated carbocycles. The fourth-order valence-corrected chi connectivity index (χ4v) is 3.03. The number of hydrogen-bond acceptors (Lipinski definition) is 7. The quantitative estimate of drug-likeness (QED) is 0.287. The molecular weight excluding hydrogens is 431 g/mol. The van der Waals surface area contributed by atoms with E-state index >= 15 is 0 Å². The van der Waals surface area contributed by atoms with Crippen LogP contribution in [0.2, 0.25) is 0 Å². The fourth-order valence-electron chi connectivity index (χ4n) is 2.07. The number of anilines is 2. The Bertz CT molecular complexity index is 901. The molecule has 0 aliphatic heterocycles. The van der Waals surface area contributed by atoms with Gasteiger partial charge in [0.25, 0.3) is 0 Å². The lowest BCUT2D eigenvalue weighted by molar-refractivity contribution is 0.283. The molecule has 0 amide bonds. The van der Waals surface area contributed by atoms with Gasteiger partial charge in [0.1, 0.15) is 24.7 Å². The standard InChI is InChI=1S/C17H14F3N3O2S2.H2S/c1-23(27-25-22-17-21-6-7-26-17)15-8-14(20)16(9-13(15)19)24-10-11-4-2-3-5-12(11)18;/h2-9H,10H2,1H3,(H,21,22);1H2. The third-order valence-electron chi connectivity index (χ3n) is 3.39. The maximum absolute atomic E-state index is 14.3. The smallest absolute Gasteiger partial charge is 0.207 e. The van der Waals surface area contributed by atoms with Gasteiger partial charge in [0.15, 0.2) is 17.4 Å². The normalized spacial score (nSPS) is 10.3. The molecule has 0 fully saturated rings. The highest BCUT2D eigenvalue weighted by Crippen LogP contribution is 2.31. The minimum absolute atomic E-state index is 0. The molecule has 28 heavy (non-hydrogen) atoms. The van der Waals surface area contributed by atoms with Gasteiger partial charge in [0.2, 0.25) is 5.13 Å². The summed E-state index contributed by atoms with van der Waals surface area (Å²) in [6.45, 7) is -0.214. The monoisotopic (exact) mass is 447 g/mol. The number of ether oxygens (including phenoxy) is 1. The zero-order chi connectivity index (χ0) is 19.2. The van der Waals surface area contributed by atoms with Gasteiger partial charge >= 0.3 is 0 Å². The molecule has 150 valence electrons. The molecule has 5 nitrogen and oxygen atoms in total. The lowest BCUT2D eigenvalue weighted by Crippen LogP contribution is -2.12. The van der Waals surface area contributed by atoms with Crippen molar-refractivity contribution in [2.75, 3.05) is 16.8 Å². The van der Waals surface area contributed by atoms with E-state index in [1.807, 2.05) is 0 Å². The molecule has 1 aromatic heterocycles. The van der Waals surface area contributed by atoms with Gasteiger partial charge in [-0.05, 0) is 6.07 Å². The Kier molecular flexibility index (Phi) is 8.30. The molecule has 0 saturated heterocycles. The van der Waals surface area contributed by atoms with Crippen molar-refractivity contribution in [1.29, 1.82) is 0 Å². The lowest BCUT2D eigenvalue weighted by Gasteiger charge is -2.18. The number of aromatic nitrogens is 1. The van der Waals surface area contributed by atoms with Crippen LogP contribution >= 0.6 is 37.1 Å². The van der Waals surface area contributed by atoms with Gasteiger partial charge in [-0.3, -0.25) is 4.31 Å². The summed E-state index contributed by atoms with van der Waals surface area (Å²) in [4.78, 5) is 3.95. The van der Waals surface area contributed by atoms with Crippen molar-refractivity contribution < 1.29 is 22.2 Å². The van der Waals surface area contributed by atoms with Crippen molar-refractivity contribution in [3.8, 4) is 5.75 Å². The molecule has 0 bridgehead atoms. The van der Waals surface area contributed by atoms with Crippen molar-refractivity contribution in [2.24, 2.45) is 0 Å². The van der Waals surface area contributed by atoms with Crippen molar-refractivity contribution in [3.05, 3.63) is 71.0 Å². The molecule has 1 N–H and O–H groups in total. The number of nitrogens with zero attached hydrogens (tertiary/aromatic N) is 2. The van der Waals surface area contributed by atoms with E-state index in [0.29, 0.717) is 5.13 Å². The number of rotatable bonds is 8. The highest BCUT2D eigenvalue weighted by Gasteiger charge is 2.16. The molecular formula is C17H16F3N3O2S3. The van der Waals surface area contributed by atoms with E-state index in [2.05, 4.69) is 10.5 Å². The van der Waals surface area contributed by atoms with E-state index in [9.17, 15) is 13.2 Å². The first-order valence-electron chi connectivity index (χ1n) is 7.62. The Morgan fingerprint density at radius 2 is 1.93 bits per heavy atom. The molecule has 0 radical (unpaired) electrons. The minimum atomic E-state index is -0.775. The predicted molar refractivity (Wildman–Crippen MR) is 110 cm³/mol. The molecule has 1 heterocycles. The van der Waals surface area contributed by atoms with Crippen LogP contribution in [0.3, 0.4) is 0 Å². The highest BCUT2D eigenvalue weighted by atomic mass is 32.2. The maximum Gasteiger partial charge on any atom is 0.207 e. The molecule has 3 aromatic rings. The van der Waals surface area contributed by atoms with Crippen molar-refractivity contribution in [3.63, 3.8) is 0 Å². The van der Waals surface area contributed by atoms with Crippen LogP contribution in [0.25, 0.3) is 0 Å². The summed E-state index contributed by atoms with van der Waals surface area (Å²) in [6, 6.07) is 7.84. The summed E-state index contributed by atoms with van der Waals surface area (Å²) in [6.07, 6.45) is 1.60. The second-order valence-corrected chi connectivity index (χ2v) is 6.97. The summed E-state index contributed by atoms with van der Waals surface area (Å²) < 4.78 is 53.8. The molecule has 0 spiro atoms. The second kappa shape index (κ2) is 10.5. The minimum Gasteiger partial charge on any atom is -0.486 e. The van der Waals surface area contributed by atoms with E-state index in [4.69, 9.17) is 9.02 Å². The topological polar surface area (TPSA) is 46.6 Å². The van der Waals surface area contributed by atoms with Gasteiger partial charge in [-0.15, -0.1) is 11.3 Å². The van der Waals surface area contributed by atoms with Gasteiger partial charge in [-0.2, -0.15) is 17.8 Å². The summed E-state index contributed by atoms with van der Waals surface area (Å²) in [5.41, 5.74) is 2.77. The van der Waals surface area contributed by atoms with Crippen molar-refractivity contribution in [2.45, 2.75) is 6.61 Å². The second-order valence-electron chi connectivity index (χ2n) is 5.21. The molecule has 0 aliphatic rings. The van der Waals surface area contributed by atoms with Crippen molar-refractivity contribution in [1.82, 2.24) is 4.98 Å². The number of hydrogen-bond donors (Lipinski definition) is 1. The zero-order valence-corrected chi connectivity index (χ0v) is 17.1. The number of thiazole rings is 1. The summed E-state index contributed by atoms with van der Waals surface area (Å²) in [5.74, 6) is -2.27. The Hall–Kier alpha value is -2.08. The Balaban J connectivity index is 0.00000280. The van der Waals surface area contributed by atoms with Gasteiger partial charge in [-0.1, -0.05) is 18.2 Å². The van der Waals surface area contributed by atoms with Crippen LogP contribution in [0.4, 0.5) is 24.0 Å². The third-order valence-corrected chi connectivity index (χ3v) is 4.64. The number of nitrogens with one attached hydrogen (secondary N) is 1. The fraction of sp³-hybridized carbons (Fsp3) is 0.118. The molecule has 0 atom stereocenters. The summed E-state index contributed by atoms with van der Waals surface area (Å²) >= 11 is 2.09. The van der Waals surface area contributed by atoms with Crippen LogP contribution in [0.15, 0.2) is 48.0 Å². The SMILES string of the molecule is CN(SONc1nccs1)c1cc(F)c(OCc2ccccc2F)cc1F.S. The van der Waals surface area contributed by atoms with Gasteiger partial charge in [0.05, 0.1) is 5.69 Å². The first-order chi connectivity index (χ1) is 13.0. The van der Waals surface area contributed by atoms with Crippen LogP contribution in [0.1, 0.15) is 5.56 Å². The Morgan fingerprint density at radius 3 is 2.64 bits per heavy atom. The zero-order valence-electron chi connectivity index (χ0n) is 14.5. The lowest BCUT2D eigenvalue weighted by atomic mass is 10.2. The van der Waals surface area contributed by atoms with Crippen molar-refractivity contribution >= 4 is 47.9 Å². The van der Waals surface area contributed by atoms with Gasteiger partial charge in [0, 0.05) is 36.3 Å². The van der Waals surface area contributed by atoms with Gasteiger partial charge in [-0.25, -0.2) is 23.6 Å². The van der Waals surface area contributed by atoms with Crippen LogP contribution in [0, 0.1) is 17.5 Å². The average molecular weight is 448 g/mol. The van der Waals surface area contributed by atoms with E-state index in [0.717, 1.165) is 24.4 Å². The van der Waals surface area contributed by atoms with E-state index in [1.54, 1.807) is 17.6 Å². The molecule has 11 heteroatoms. The predicted octanol–water partition coefficient (Wildman–Crippen LogP) is 5.30. The first-order valence-corrected chi connectivity index (χ1v) is 9.20. The first kappa shape index (κ1) is 22.2. The molecule has 0 aliphatic carbocycles. The highest BCUT2D eigenvalue weighted by molar-refractivity contribution is 7.96. The van der Waals surface area contributed by atoms with Crippen LogP contribution in [0.5, 0.6) is 5.75 Å². The Morgan fingerprint density at radius 1 is 1.14 bits per heavy atom. The third kappa shape index (κ3) is 5.71. The largest absolute Gasteiger partial charge is 0.486 e.